The normalized spacial score (nSPS) is 23.3. The van der Waals surface area contributed by atoms with Gasteiger partial charge >= 0.3 is 0 Å². The molecule has 2 aliphatic carbocycles. The molecule has 156 valence electrons. The van der Waals surface area contributed by atoms with E-state index < -0.39 is 23.3 Å². The lowest BCUT2D eigenvalue weighted by atomic mass is 9.75. The van der Waals surface area contributed by atoms with Gasteiger partial charge < -0.3 is 0 Å². The van der Waals surface area contributed by atoms with E-state index in [-0.39, 0.29) is 21.3 Å². The third kappa shape index (κ3) is 4.21. The molecule has 4 rings (SSSR count). The summed E-state index contributed by atoms with van der Waals surface area (Å²) in [6.07, 6.45) is 7.78. The van der Waals surface area contributed by atoms with E-state index in [2.05, 4.69) is 0 Å². The zero-order valence-corrected chi connectivity index (χ0v) is 18.5. The molecule has 0 atom stereocenters. The molecule has 0 amide bonds. The summed E-state index contributed by atoms with van der Waals surface area (Å²) in [6, 6.07) is 6.80. The maximum absolute atomic E-state index is 14.9. The van der Waals surface area contributed by atoms with Gasteiger partial charge in [-0.15, -0.1) is 0 Å². The van der Waals surface area contributed by atoms with Gasteiger partial charge in [-0.25, -0.2) is 17.6 Å². The van der Waals surface area contributed by atoms with Crippen molar-refractivity contribution in [1.82, 2.24) is 0 Å². The van der Waals surface area contributed by atoms with Crippen LogP contribution in [0, 0.1) is 26.8 Å². The predicted octanol–water partition coefficient (Wildman–Crippen LogP) is 8.34. The quantitative estimate of drug-likeness (QED) is 0.219. The molecule has 2 saturated carbocycles. The summed E-state index contributed by atoms with van der Waals surface area (Å²) < 4.78 is 58.2. The summed E-state index contributed by atoms with van der Waals surface area (Å²) in [5, 5.41) is 0. The monoisotopic (exact) mass is 516 g/mol. The van der Waals surface area contributed by atoms with Gasteiger partial charge in [-0.3, -0.25) is 0 Å². The molecule has 0 bridgehead atoms. The molecule has 0 nitrogen and oxygen atoms in total. The molecule has 0 unspecified atom stereocenters. The Bertz CT molecular complexity index is 881. The van der Waals surface area contributed by atoms with Crippen LogP contribution < -0.4 is 0 Å². The highest BCUT2D eigenvalue weighted by molar-refractivity contribution is 14.1. The summed E-state index contributed by atoms with van der Waals surface area (Å²) in [7, 11) is 0. The van der Waals surface area contributed by atoms with Crippen molar-refractivity contribution >= 4 is 22.6 Å². The van der Waals surface area contributed by atoms with Crippen LogP contribution in [0.25, 0.3) is 0 Å². The fourth-order valence-corrected chi connectivity index (χ4v) is 5.61. The van der Waals surface area contributed by atoms with Crippen LogP contribution in [0.4, 0.5) is 17.6 Å². The molecule has 0 saturated heterocycles. The molecule has 0 heterocycles. The highest BCUT2D eigenvalue weighted by Gasteiger charge is 2.30. The zero-order chi connectivity index (χ0) is 20.5. The Kier molecular flexibility index (Phi) is 6.52. The van der Waals surface area contributed by atoms with Gasteiger partial charge in [0.1, 0.15) is 0 Å². The molecular formula is C24H25F4I. The van der Waals surface area contributed by atoms with Gasteiger partial charge in [0, 0.05) is 0 Å². The van der Waals surface area contributed by atoms with E-state index in [1.165, 1.54) is 6.42 Å². The Hall–Kier alpha value is -1.11. The van der Waals surface area contributed by atoms with Crippen LogP contribution in [0.1, 0.15) is 92.2 Å². The minimum Gasteiger partial charge on any atom is -0.203 e. The van der Waals surface area contributed by atoms with Crippen molar-refractivity contribution in [2.24, 2.45) is 0 Å². The van der Waals surface area contributed by atoms with E-state index in [9.17, 15) is 17.6 Å². The van der Waals surface area contributed by atoms with Crippen LogP contribution in [0.5, 0.6) is 0 Å². The minimum atomic E-state index is -0.795. The summed E-state index contributed by atoms with van der Waals surface area (Å²) in [5.41, 5.74) is 1.37. The Balaban J connectivity index is 1.49. The molecule has 29 heavy (non-hydrogen) atoms. The van der Waals surface area contributed by atoms with Crippen molar-refractivity contribution in [2.75, 3.05) is 0 Å². The fraction of sp³-hybridized carbons (Fsp3) is 0.500. The Morgan fingerprint density at radius 1 is 0.517 bits per heavy atom. The van der Waals surface area contributed by atoms with Crippen LogP contribution >= 0.6 is 22.6 Å². The Labute approximate surface area is 183 Å². The third-order valence-corrected chi connectivity index (χ3v) is 7.69. The first-order chi connectivity index (χ1) is 14.0. The second-order valence-electron chi connectivity index (χ2n) is 8.52. The van der Waals surface area contributed by atoms with E-state index in [4.69, 9.17) is 0 Å². The Morgan fingerprint density at radius 2 is 0.897 bits per heavy atom. The average Bonchev–Trinajstić information content (AvgIpc) is 2.75. The standard InChI is InChI=1S/C24H25F4I/c25-21-17(14-4-2-1-3-5-14)10-11-18(22(21)26)15-6-8-16(9-7-15)19-12-13-20(29)24(28)23(19)27/h10-16H,1-9H2. The Morgan fingerprint density at radius 3 is 1.38 bits per heavy atom. The molecule has 0 spiro atoms. The fourth-order valence-electron chi connectivity index (χ4n) is 5.20. The third-order valence-electron chi connectivity index (χ3n) is 6.86. The first kappa shape index (κ1) is 21.1. The molecule has 5 heteroatoms. The van der Waals surface area contributed by atoms with Gasteiger partial charge in [0.25, 0.3) is 0 Å². The van der Waals surface area contributed by atoms with Gasteiger partial charge in [0.05, 0.1) is 3.57 Å². The van der Waals surface area contributed by atoms with Crippen LogP contribution in [-0.4, -0.2) is 0 Å². The summed E-state index contributed by atoms with van der Waals surface area (Å²) in [6.45, 7) is 0. The van der Waals surface area contributed by atoms with Crippen molar-refractivity contribution in [1.29, 1.82) is 0 Å². The smallest absolute Gasteiger partial charge is 0.172 e. The van der Waals surface area contributed by atoms with Crippen LogP contribution in [0.2, 0.25) is 0 Å². The topological polar surface area (TPSA) is 0 Å². The summed E-state index contributed by atoms with van der Waals surface area (Å²) >= 11 is 1.78. The van der Waals surface area contributed by atoms with Crippen LogP contribution in [0.15, 0.2) is 24.3 Å². The number of hydrogen-bond acceptors (Lipinski definition) is 0. The van der Waals surface area contributed by atoms with Gasteiger partial charge in [-0.2, -0.15) is 0 Å². The molecule has 2 aliphatic rings. The lowest BCUT2D eigenvalue weighted by Gasteiger charge is -2.30. The molecule has 0 radical (unpaired) electrons. The molecule has 0 aliphatic heterocycles. The van der Waals surface area contributed by atoms with Gasteiger partial charge in [0.2, 0.25) is 0 Å². The molecule has 0 aromatic heterocycles. The van der Waals surface area contributed by atoms with E-state index in [1.54, 1.807) is 46.9 Å². The number of rotatable bonds is 3. The van der Waals surface area contributed by atoms with Gasteiger partial charge in [-0.05, 0) is 102 Å². The van der Waals surface area contributed by atoms with Crippen LogP contribution in [-0.2, 0) is 0 Å². The van der Waals surface area contributed by atoms with Crippen molar-refractivity contribution < 1.29 is 17.6 Å². The van der Waals surface area contributed by atoms with Gasteiger partial charge in [-0.1, -0.05) is 37.5 Å². The van der Waals surface area contributed by atoms with E-state index >= 15 is 0 Å². The molecule has 2 aromatic rings. The van der Waals surface area contributed by atoms with Crippen molar-refractivity contribution in [3.63, 3.8) is 0 Å². The SMILES string of the molecule is Fc1c(I)ccc(C2CCC(c3ccc(C4CCCCC4)c(F)c3F)CC2)c1F. The lowest BCUT2D eigenvalue weighted by molar-refractivity contribution is 0.366. The number of hydrogen-bond donors (Lipinski definition) is 0. The van der Waals surface area contributed by atoms with E-state index in [1.807, 2.05) is 0 Å². The molecule has 2 fully saturated rings. The van der Waals surface area contributed by atoms with Crippen molar-refractivity contribution in [2.45, 2.75) is 75.5 Å². The maximum atomic E-state index is 14.9. The second kappa shape index (κ2) is 8.94. The van der Waals surface area contributed by atoms with E-state index in [0.29, 0.717) is 42.4 Å². The summed E-state index contributed by atoms with van der Waals surface area (Å²) in [5.74, 6) is -2.97. The van der Waals surface area contributed by atoms with Gasteiger partial charge in [0.15, 0.2) is 23.3 Å². The maximum Gasteiger partial charge on any atom is 0.172 e. The predicted molar refractivity (Wildman–Crippen MR) is 115 cm³/mol. The van der Waals surface area contributed by atoms with Crippen LogP contribution in [0.3, 0.4) is 0 Å². The second-order valence-corrected chi connectivity index (χ2v) is 9.68. The minimum absolute atomic E-state index is 0.0714. The molecular weight excluding hydrogens is 491 g/mol. The first-order valence-corrected chi connectivity index (χ1v) is 11.7. The summed E-state index contributed by atoms with van der Waals surface area (Å²) in [4.78, 5) is 0. The lowest BCUT2D eigenvalue weighted by Crippen LogP contribution is -2.16. The van der Waals surface area contributed by atoms with Crippen molar-refractivity contribution in [3.05, 3.63) is 67.8 Å². The number of benzene rings is 2. The zero-order valence-electron chi connectivity index (χ0n) is 16.3. The molecule has 2 aromatic carbocycles. The van der Waals surface area contributed by atoms with E-state index in [0.717, 1.165) is 25.7 Å². The number of halogens is 5. The highest BCUT2D eigenvalue weighted by atomic mass is 127. The van der Waals surface area contributed by atoms with Crippen molar-refractivity contribution in [3.8, 4) is 0 Å². The largest absolute Gasteiger partial charge is 0.203 e. The average molecular weight is 516 g/mol. The molecule has 0 N–H and O–H groups in total. The highest BCUT2D eigenvalue weighted by Crippen LogP contribution is 2.43. The first-order valence-electron chi connectivity index (χ1n) is 10.6.